The minimum Gasteiger partial charge on any atom is -0.491 e. The van der Waals surface area contributed by atoms with Gasteiger partial charge in [-0.3, -0.25) is 0 Å². The van der Waals surface area contributed by atoms with E-state index in [1.807, 2.05) is 0 Å². The summed E-state index contributed by atoms with van der Waals surface area (Å²) >= 11 is 0. The van der Waals surface area contributed by atoms with E-state index in [2.05, 4.69) is 15.3 Å². The van der Waals surface area contributed by atoms with Crippen LogP contribution in [0.3, 0.4) is 0 Å². The van der Waals surface area contributed by atoms with E-state index in [1.54, 1.807) is 6.07 Å². The summed E-state index contributed by atoms with van der Waals surface area (Å²) in [6.07, 6.45) is -4.17. The molecule has 1 atom stereocenters. The maximum atomic E-state index is 13.7. The Morgan fingerprint density at radius 2 is 1.81 bits per heavy atom. The number of rotatable bonds is 6. The van der Waals surface area contributed by atoms with Gasteiger partial charge in [-0.1, -0.05) is 6.07 Å². The fraction of sp³-hybridized carbons (Fsp3) is 0.222. The Morgan fingerprint density at radius 3 is 2.52 bits per heavy atom. The summed E-state index contributed by atoms with van der Waals surface area (Å²) < 4.78 is 56.5. The van der Waals surface area contributed by atoms with Gasteiger partial charge in [-0.05, 0) is 36.4 Å². The van der Waals surface area contributed by atoms with E-state index < -0.39 is 23.7 Å². The quantitative estimate of drug-likeness (QED) is 0.638. The van der Waals surface area contributed by atoms with E-state index in [1.165, 1.54) is 30.6 Å². The van der Waals surface area contributed by atoms with Crippen LogP contribution >= 0.6 is 0 Å². The van der Waals surface area contributed by atoms with Crippen LogP contribution in [0.4, 0.5) is 23.4 Å². The second-order valence-corrected chi connectivity index (χ2v) is 5.73. The number of nitrogens with zero attached hydrogens (tertiary/aromatic N) is 2. The fourth-order valence-corrected chi connectivity index (χ4v) is 2.40. The highest BCUT2D eigenvalue weighted by Gasteiger charge is 2.30. The molecule has 3 aromatic rings. The van der Waals surface area contributed by atoms with Gasteiger partial charge in [0.05, 0.1) is 5.56 Å². The molecule has 9 heteroatoms. The van der Waals surface area contributed by atoms with Crippen LogP contribution in [-0.2, 0) is 6.18 Å². The maximum Gasteiger partial charge on any atom is 0.416 e. The molecule has 2 aromatic carbocycles. The number of anilines is 1. The molecule has 2 N–H and O–H groups in total. The van der Waals surface area contributed by atoms with Crippen LogP contribution < -0.4 is 10.1 Å². The predicted molar refractivity (Wildman–Crippen MR) is 90.9 cm³/mol. The van der Waals surface area contributed by atoms with Gasteiger partial charge >= 0.3 is 6.18 Å². The molecule has 0 radical (unpaired) electrons. The van der Waals surface area contributed by atoms with Gasteiger partial charge < -0.3 is 15.2 Å². The van der Waals surface area contributed by atoms with Crippen LogP contribution in [0, 0.1) is 5.82 Å². The van der Waals surface area contributed by atoms with Gasteiger partial charge in [0.15, 0.2) is 0 Å². The molecule has 1 aromatic heterocycles. The van der Waals surface area contributed by atoms with Crippen LogP contribution in [0.25, 0.3) is 10.9 Å². The first-order chi connectivity index (χ1) is 12.8. The highest BCUT2D eigenvalue weighted by molar-refractivity contribution is 5.89. The Balaban J connectivity index is 1.56. The molecule has 27 heavy (non-hydrogen) atoms. The summed E-state index contributed by atoms with van der Waals surface area (Å²) in [6.45, 7) is -0.0982. The van der Waals surface area contributed by atoms with Crippen LogP contribution in [0.5, 0.6) is 5.75 Å². The van der Waals surface area contributed by atoms with Crippen molar-refractivity contribution >= 4 is 16.7 Å². The van der Waals surface area contributed by atoms with Crippen molar-refractivity contribution in [2.24, 2.45) is 0 Å². The van der Waals surface area contributed by atoms with Gasteiger partial charge in [-0.2, -0.15) is 13.2 Å². The molecule has 0 saturated carbocycles. The van der Waals surface area contributed by atoms with E-state index in [9.17, 15) is 22.7 Å². The number of aromatic nitrogens is 2. The Hall–Kier alpha value is -2.94. The Labute approximate surface area is 151 Å². The average Bonchev–Trinajstić information content (AvgIpc) is 2.65. The number of benzene rings is 2. The Kier molecular flexibility index (Phi) is 5.41. The third kappa shape index (κ3) is 4.62. The van der Waals surface area contributed by atoms with Crippen LogP contribution in [0.15, 0.2) is 48.8 Å². The van der Waals surface area contributed by atoms with Gasteiger partial charge in [0.1, 0.15) is 41.9 Å². The number of ether oxygens (including phenoxy) is 1. The van der Waals surface area contributed by atoms with Crippen molar-refractivity contribution in [2.45, 2.75) is 12.3 Å². The molecule has 0 aliphatic rings. The molecular formula is C18H15F4N3O2. The summed E-state index contributed by atoms with van der Waals surface area (Å²) in [5.74, 6) is 0.0776. The number of aliphatic hydroxyl groups excluding tert-OH is 1. The lowest BCUT2D eigenvalue weighted by molar-refractivity contribution is -0.137. The number of alkyl halides is 3. The minimum absolute atomic E-state index is 0.0449. The lowest BCUT2D eigenvalue weighted by Gasteiger charge is -2.15. The molecule has 1 unspecified atom stereocenters. The molecular weight excluding hydrogens is 366 g/mol. The number of para-hydroxylation sites is 1. The first-order valence-corrected chi connectivity index (χ1v) is 7.96. The highest BCUT2D eigenvalue weighted by atomic mass is 19.4. The molecule has 0 fully saturated rings. The largest absolute Gasteiger partial charge is 0.491 e. The summed E-state index contributed by atoms with van der Waals surface area (Å²) in [4.78, 5) is 7.90. The van der Waals surface area contributed by atoms with Crippen molar-refractivity contribution in [3.8, 4) is 5.75 Å². The topological polar surface area (TPSA) is 67.3 Å². The predicted octanol–water partition coefficient (Wildman–Crippen LogP) is 3.64. The monoisotopic (exact) mass is 381 g/mol. The average molecular weight is 381 g/mol. The normalized spacial score (nSPS) is 12.8. The second kappa shape index (κ2) is 7.75. The molecule has 0 amide bonds. The molecule has 0 spiro atoms. The molecule has 0 saturated heterocycles. The Bertz CT molecular complexity index is 917. The summed E-state index contributed by atoms with van der Waals surface area (Å²) in [5.41, 5.74) is -0.620. The van der Waals surface area contributed by atoms with Crippen LogP contribution in [0.2, 0.25) is 0 Å². The summed E-state index contributed by atoms with van der Waals surface area (Å²) in [6, 6.07) is 8.63. The highest BCUT2D eigenvalue weighted by Crippen LogP contribution is 2.30. The summed E-state index contributed by atoms with van der Waals surface area (Å²) in [7, 11) is 0. The zero-order valence-electron chi connectivity index (χ0n) is 13.9. The van der Waals surface area contributed by atoms with Crippen molar-refractivity contribution in [1.29, 1.82) is 0 Å². The fourth-order valence-electron chi connectivity index (χ4n) is 2.40. The van der Waals surface area contributed by atoms with Crippen molar-refractivity contribution in [3.63, 3.8) is 0 Å². The van der Waals surface area contributed by atoms with Gasteiger partial charge in [0.25, 0.3) is 0 Å². The van der Waals surface area contributed by atoms with E-state index in [0.717, 1.165) is 12.1 Å². The third-order valence-electron chi connectivity index (χ3n) is 3.74. The van der Waals surface area contributed by atoms with Crippen molar-refractivity contribution < 1.29 is 27.4 Å². The van der Waals surface area contributed by atoms with Crippen molar-refractivity contribution in [1.82, 2.24) is 9.97 Å². The smallest absolute Gasteiger partial charge is 0.416 e. The maximum absolute atomic E-state index is 13.7. The lowest BCUT2D eigenvalue weighted by atomic mass is 10.2. The Morgan fingerprint density at radius 1 is 1.07 bits per heavy atom. The zero-order chi connectivity index (χ0) is 19.4. The number of fused-ring (bicyclic) bond motifs is 1. The molecule has 0 bridgehead atoms. The number of hydrogen-bond donors (Lipinski definition) is 2. The standard InChI is InChI=1S/C18H15F4N3O2/c19-15-3-1-2-14-16(15)24-10-25-17(14)23-8-12(26)9-27-13-6-4-11(5-7-13)18(20,21)22/h1-7,10,12,26H,8-9H2,(H,23,24,25). The van der Waals surface area contributed by atoms with Gasteiger partial charge in [-0.15, -0.1) is 0 Å². The number of halogens is 4. The molecule has 142 valence electrons. The van der Waals surface area contributed by atoms with E-state index >= 15 is 0 Å². The molecule has 0 aliphatic heterocycles. The summed E-state index contributed by atoms with van der Waals surface area (Å²) in [5, 5.41) is 13.3. The number of hydrogen-bond acceptors (Lipinski definition) is 5. The van der Waals surface area contributed by atoms with E-state index in [4.69, 9.17) is 4.74 Å². The van der Waals surface area contributed by atoms with E-state index in [0.29, 0.717) is 11.2 Å². The van der Waals surface area contributed by atoms with E-state index in [-0.39, 0.29) is 24.4 Å². The second-order valence-electron chi connectivity index (χ2n) is 5.73. The van der Waals surface area contributed by atoms with Crippen LogP contribution in [-0.4, -0.2) is 34.3 Å². The number of nitrogens with one attached hydrogen (secondary N) is 1. The molecule has 1 heterocycles. The number of aliphatic hydroxyl groups is 1. The lowest BCUT2D eigenvalue weighted by Crippen LogP contribution is -2.26. The molecule has 5 nitrogen and oxygen atoms in total. The van der Waals surface area contributed by atoms with Crippen LogP contribution in [0.1, 0.15) is 5.56 Å². The van der Waals surface area contributed by atoms with Crippen molar-refractivity contribution in [3.05, 3.63) is 60.2 Å². The van der Waals surface area contributed by atoms with Gasteiger partial charge in [0, 0.05) is 11.9 Å². The van der Waals surface area contributed by atoms with Crippen molar-refractivity contribution in [2.75, 3.05) is 18.5 Å². The van der Waals surface area contributed by atoms with Gasteiger partial charge in [-0.25, -0.2) is 14.4 Å². The third-order valence-corrected chi connectivity index (χ3v) is 3.74. The SMILES string of the molecule is OC(CNc1ncnc2c(F)cccc12)COc1ccc(C(F)(F)F)cc1. The van der Waals surface area contributed by atoms with Gasteiger partial charge in [0.2, 0.25) is 0 Å². The minimum atomic E-state index is -4.41. The first-order valence-electron chi connectivity index (χ1n) is 7.96. The molecule has 3 rings (SSSR count). The first kappa shape index (κ1) is 18.8. The zero-order valence-corrected chi connectivity index (χ0v) is 13.9. The molecule has 0 aliphatic carbocycles.